The molecule has 4 rings (SSSR count). The Morgan fingerprint density at radius 2 is 0.952 bits per heavy atom. The van der Waals surface area contributed by atoms with Crippen LogP contribution in [0.1, 0.15) is 20.8 Å². The van der Waals surface area contributed by atoms with Crippen LogP contribution in [0, 0.1) is 0 Å². The van der Waals surface area contributed by atoms with Crippen LogP contribution in [-0.2, 0) is 0 Å². The van der Waals surface area contributed by atoms with Gasteiger partial charge in [-0.3, -0.25) is 0 Å². The first-order chi connectivity index (χ1) is 8.93. The van der Waals surface area contributed by atoms with Crippen molar-refractivity contribution in [1.82, 2.24) is 14.7 Å². The molecule has 0 amide bonds. The first-order valence-electron chi connectivity index (χ1n) is 6.53. The van der Waals surface area contributed by atoms with Crippen LogP contribution in [0.4, 0.5) is 25.2 Å². The molecule has 4 heterocycles. The fourth-order valence-corrected chi connectivity index (χ4v) is 7.54. The van der Waals surface area contributed by atoms with E-state index in [0.717, 1.165) is 0 Å². The summed E-state index contributed by atoms with van der Waals surface area (Å²) in [5.41, 5.74) is 0. The number of nitrogens with zero attached hydrogens (tertiary/aromatic N) is 3. The summed E-state index contributed by atoms with van der Waals surface area (Å²) in [6.45, 7) is 11.1. The Morgan fingerprint density at radius 1 is 0.714 bits per heavy atom. The first kappa shape index (κ1) is 17.7. The Labute approximate surface area is 120 Å². The summed E-state index contributed by atoms with van der Waals surface area (Å²) in [4.78, 5) is 7.95. The zero-order chi connectivity index (χ0) is 16.4. The molecule has 0 radical (unpaired) electrons. The van der Waals surface area contributed by atoms with Gasteiger partial charge in [0.05, 0.1) is 32.4 Å². The third-order valence-corrected chi connectivity index (χ3v) is 9.71. The third-order valence-electron chi connectivity index (χ3n) is 4.04. The van der Waals surface area contributed by atoms with Crippen molar-refractivity contribution in [2.45, 2.75) is 25.9 Å². The van der Waals surface area contributed by atoms with Crippen LogP contribution in [0.5, 0.6) is 0 Å². The molecule has 11 heteroatoms. The van der Waals surface area contributed by atoms with Gasteiger partial charge >= 0.3 is 33.0 Å². The number of hydrogen-bond acceptors (Lipinski definition) is 3. The Hall–Kier alpha value is 0.320. The van der Waals surface area contributed by atoms with Gasteiger partial charge in [-0.2, -0.15) is 0 Å². The average molecular weight is 359 g/mol. The molecule has 0 aromatic heterocycles. The maximum atomic E-state index is 9.87. The third kappa shape index (κ3) is 5.17. The number of halogens is 6. The van der Waals surface area contributed by atoms with Gasteiger partial charge in [0.15, 0.2) is 0 Å². The molecule has 0 aliphatic carbocycles. The SMILES string of the molecule is CC(C)(C)[P+]12CN3CN(CN(C3)C1)C2.F[P-](F)(F)(F)(F)F. The van der Waals surface area contributed by atoms with Gasteiger partial charge in [-0.15, -0.1) is 0 Å². The van der Waals surface area contributed by atoms with Crippen molar-refractivity contribution >= 4 is 15.1 Å². The summed E-state index contributed by atoms with van der Waals surface area (Å²) in [5.74, 6) is 0. The molecule has 0 unspecified atom stereocenters. The molecule has 21 heavy (non-hydrogen) atoms. The summed E-state index contributed by atoms with van der Waals surface area (Å²) in [7, 11) is -11.4. The molecule has 128 valence electrons. The zero-order valence-electron chi connectivity index (χ0n) is 12.2. The summed E-state index contributed by atoms with van der Waals surface area (Å²) >= 11 is 0. The Balaban J connectivity index is 0.000000199. The topological polar surface area (TPSA) is 9.72 Å². The van der Waals surface area contributed by atoms with Crippen LogP contribution >= 0.6 is 15.1 Å². The van der Waals surface area contributed by atoms with Gasteiger partial charge in [-0.25, -0.2) is 14.7 Å². The van der Waals surface area contributed by atoms with Crippen molar-refractivity contribution in [2.75, 3.05) is 38.9 Å². The van der Waals surface area contributed by atoms with Gasteiger partial charge in [-0.05, 0) is 20.8 Å². The van der Waals surface area contributed by atoms with Crippen molar-refractivity contribution in [2.24, 2.45) is 0 Å². The van der Waals surface area contributed by atoms with Crippen LogP contribution in [0.3, 0.4) is 0 Å². The normalized spacial score (nSPS) is 41.9. The predicted molar refractivity (Wildman–Crippen MR) is 75.0 cm³/mol. The molecule has 3 nitrogen and oxygen atoms in total. The van der Waals surface area contributed by atoms with E-state index in [2.05, 4.69) is 35.5 Å². The monoisotopic (exact) mass is 359 g/mol. The van der Waals surface area contributed by atoms with E-state index >= 15 is 0 Å². The minimum atomic E-state index is -10.7. The van der Waals surface area contributed by atoms with E-state index < -0.39 is 15.1 Å². The van der Waals surface area contributed by atoms with Crippen LogP contribution < -0.4 is 0 Å². The van der Waals surface area contributed by atoms with E-state index in [1.807, 2.05) is 0 Å². The predicted octanol–water partition coefficient (Wildman–Crippen LogP) is 4.88. The zero-order valence-corrected chi connectivity index (χ0v) is 14.0. The van der Waals surface area contributed by atoms with E-state index in [4.69, 9.17) is 0 Å². The summed E-state index contributed by atoms with van der Waals surface area (Å²) in [6.07, 6.45) is 4.26. The quantitative estimate of drug-likeness (QED) is 0.451. The van der Waals surface area contributed by atoms with Crippen LogP contribution in [0.15, 0.2) is 0 Å². The second kappa shape index (κ2) is 4.23. The van der Waals surface area contributed by atoms with Crippen LogP contribution in [-0.4, -0.2) is 58.7 Å². The van der Waals surface area contributed by atoms with Crippen molar-refractivity contribution in [1.29, 1.82) is 0 Å². The summed E-state index contributed by atoms with van der Waals surface area (Å²) < 4.78 is 59.2. The average Bonchev–Trinajstić information content (AvgIpc) is 2.07. The van der Waals surface area contributed by atoms with Gasteiger partial charge in [-0.1, -0.05) is 0 Å². The van der Waals surface area contributed by atoms with Crippen molar-refractivity contribution in [3.8, 4) is 0 Å². The Kier molecular flexibility index (Phi) is 3.56. The molecule has 4 aliphatic heterocycles. The van der Waals surface area contributed by atoms with Crippen molar-refractivity contribution < 1.29 is 25.2 Å². The maximum absolute atomic E-state index is 10.7. The fourth-order valence-electron chi connectivity index (χ4n) is 3.17. The van der Waals surface area contributed by atoms with Crippen molar-refractivity contribution in [3.05, 3.63) is 0 Å². The molecule has 0 atom stereocenters. The van der Waals surface area contributed by atoms with Gasteiger partial charge in [0.1, 0.15) is 18.9 Å². The van der Waals surface area contributed by atoms with Crippen LogP contribution in [0.25, 0.3) is 0 Å². The summed E-state index contributed by atoms with van der Waals surface area (Å²) in [5, 5.41) is 0.545. The van der Waals surface area contributed by atoms with E-state index in [1.54, 1.807) is 0 Å². The molecule has 4 fully saturated rings. The van der Waals surface area contributed by atoms with Gasteiger partial charge in [0, 0.05) is 0 Å². The molecule has 4 aliphatic rings. The number of hydrogen-bond donors (Lipinski definition) is 0. The van der Waals surface area contributed by atoms with Gasteiger partial charge in [0.2, 0.25) is 0 Å². The van der Waals surface area contributed by atoms with E-state index in [1.165, 1.54) is 38.9 Å². The fraction of sp³-hybridized carbons (Fsp3) is 1.00. The van der Waals surface area contributed by atoms with Crippen molar-refractivity contribution in [3.63, 3.8) is 0 Å². The van der Waals surface area contributed by atoms with Gasteiger partial charge < -0.3 is 0 Å². The van der Waals surface area contributed by atoms with E-state index in [9.17, 15) is 25.2 Å². The van der Waals surface area contributed by atoms with E-state index in [-0.39, 0.29) is 0 Å². The molecule has 0 N–H and O–H groups in total. The molecule has 0 aromatic rings. The molecular formula is C10H21F6N3P2. The Bertz CT molecular complexity index is 382. The van der Waals surface area contributed by atoms with Gasteiger partial charge in [0.25, 0.3) is 0 Å². The van der Waals surface area contributed by atoms with E-state index in [0.29, 0.717) is 5.16 Å². The first-order valence-corrected chi connectivity index (χ1v) is 10.9. The molecule has 0 aromatic carbocycles. The second-order valence-corrected chi connectivity index (χ2v) is 13.5. The second-order valence-electron chi connectivity index (χ2n) is 7.14. The molecule has 4 saturated heterocycles. The Morgan fingerprint density at radius 3 is 1.14 bits per heavy atom. The van der Waals surface area contributed by atoms with Crippen LogP contribution in [0.2, 0.25) is 0 Å². The molecule has 0 spiro atoms. The number of rotatable bonds is 0. The molecular weight excluding hydrogens is 338 g/mol. The molecule has 4 bridgehead atoms. The molecule has 0 saturated carbocycles. The standard InChI is InChI=1S/C10H21N3P.F6P/c1-10(2,3)14-7-11-4-12(8-14)6-13(5-11)9-14;1-7(2,3,4,5)6/h4-9H2,1-3H3;/q+1;-1. The summed E-state index contributed by atoms with van der Waals surface area (Å²) in [6, 6.07) is 0. The minimum absolute atomic E-state index is 0.545.